The zero-order chi connectivity index (χ0) is 9.14. The molecule has 0 unspecified atom stereocenters. The van der Waals surface area contributed by atoms with Crippen LogP contribution in [0.15, 0.2) is 5.38 Å². The van der Waals surface area contributed by atoms with Gasteiger partial charge in [0, 0.05) is 11.4 Å². The summed E-state index contributed by atoms with van der Waals surface area (Å²) in [6.45, 7) is 3.70. The van der Waals surface area contributed by atoms with E-state index >= 15 is 0 Å². The molecule has 0 aliphatic rings. The predicted molar refractivity (Wildman–Crippen MR) is 44.8 cm³/mol. The van der Waals surface area contributed by atoms with Gasteiger partial charge < -0.3 is 5.32 Å². The normalized spacial score (nSPS) is 10.2. The van der Waals surface area contributed by atoms with Gasteiger partial charge in [0.2, 0.25) is 0 Å². The van der Waals surface area contributed by atoms with Gasteiger partial charge in [0.05, 0.1) is 0 Å². The van der Waals surface area contributed by atoms with E-state index in [0.717, 1.165) is 11.3 Å². The third kappa shape index (κ3) is 2.20. The van der Waals surface area contributed by atoms with Crippen LogP contribution in [0.5, 0.6) is 5.19 Å². The number of hydrogen-bond acceptors (Lipinski definition) is 3. The van der Waals surface area contributed by atoms with E-state index in [0.29, 0.717) is 0 Å². The van der Waals surface area contributed by atoms with Gasteiger partial charge in [-0.05, 0) is 13.8 Å². The number of rotatable bonds is 2. The first-order chi connectivity index (χ1) is 5.59. The number of carbonyl (C=O) groups is 1. The van der Waals surface area contributed by atoms with Gasteiger partial charge in [-0.25, -0.2) is 0 Å². The first-order valence-corrected chi connectivity index (χ1v) is 4.41. The van der Waals surface area contributed by atoms with Crippen LogP contribution in [0, 0.1) is 0 Å². The Bertz CT molecular complexity index is 283. The van der Waals surface area contributed by atoms with Crippen LogP contribution in [0.4, 0.5) is 0 Å². The van der Waals surface area contributed by atoms with E-state index in [-0.39, 0.29) is 22.8 Å². The molecule has 1 amide bonds. The minimum Gasteiger partial charge on any atom is -0.348 e. The van der Waals surface area contributed by atoms with E-state index in [4.69, 9.17) is 0 Å². The summed E-state index contributed by atoms with van der Waals surface area (Å²) < 4.78 is 0. The fourth-order valence-electron chi connectivity index (χ4n) is 0.698. The van der Waals surface area contributed by atoms with Crippen LogP contribution in [0.25, 0.3) is 0 Å². The molecular weight excluding hydrogens is 176 g/mol. The van der Waals surface area contributed by atoms with Crippen molar-refractivity contribution >= 4 is 17.2 Å². The van der Waals surface area contributed by atoms with E-state index in [1.54, 1.807) is 0 Å². The van der Waals surface area contributed by atoms with Gasteiger partial charge in [0.1, 0.15) is 5.69 Å². The summed E-state index contributed by atoms with van der Waals surface area (Å²) in [5.41, 5.74) is 0.207. The highest BCUT2D eigenvalue weighted by Gasteiger charge is 2.11. The first-order valence-electron chi connectivity index (χ1n) is 3.53. The molecule has 0 saturated heterocycles. The van der Waals surface area contributed by atoms with Gasteiger partial charge in [0.25, 0.3) is 5.91 Å². The molecule has 4 nitrogen and oxygen atoms in total. The molecule has 65 valence electrons. The molecule has 1 rings (SSSR count). The topological polar surface area (TPSA) is 61.9 Å². The molecule has 0 atom stereocenters. The third-order valence-electron chi connectivity index (χ3n) is 1.14. The Labute approximate surface area is 74.3 Å². The van der Waals surface area contributed by atoms with Gasteiger partial charge in [-0.15, -0.1) is 0 Å². The van der Waals surface area contributed by atoms with Gasteiger partial charge in [-0.2, -0.15) is 4.98 Å². The minimum atomic E-state index is -0.330. The molecule has 1 N–H and O–H groups in total. The van der Waals surface area contributed by atoms with Crippen LogP contribution in [-0.2, 0) is 5.11 Å². The van der Waals surface area contributed by atoms with E-state index < -0.39 is 0 Å². The van der Waals surface area contributed by atoms with Crippen LogP contribution in [0.1, 0.15) is 24.3 Å². The van der Waals surface area contributed by atoms with Crippen LogP contribution < -0.4 is 5.32 Å². The SMILES string of the molecule is CC(C)NC(=O)c1csc([O])n1. The minimum absolute atomic E-state index is 0.0642. The molecule has 0 aliphatic heterocycles. The first kappa shape index (κ1) is 8.99. The van der Waals surface area contributed by atoms with Crippen molar-refractivity contribution in [2.45, 2.75) is 19.9 Å². The fourth-order valence-corrected chi connectivity index (χ4v) is 1.22. The standard InChI is InChI=1S/C7H9N2O2S/c1-4(2)8-6(10)5-3-12-7(11)9-5/h3-4H,1-2H3,(H,8,10). The van der Waals surface area contributed by atoms with Crippen LogP contribution in [0.3, 0.4) is 0 Å². The summed E-state index contributed by atoms with van der Waals surface area (Å²) in [5.74, 6) is -0.289. The van der Waals surface area contributed by atoms with Crippen molar-refractivity contribution in [2.24, 2.45) is 0 Å². The van der Waals surface area contributed by atoms with Gasteiger partial charge in [-0.1, -0.05) is 11.3 Å². The summed E-state index contributed by atoms with van der Waals surface area (Å²) in [5, 5.41) is 14.4. The summed E-state index contributed by atoms with van der Waals surface area (Å²) in [4.78, 5) is 14.7. The van der Waals surface area contributed by atoms with E-state index in [2.05, 4.69) is 10.3 Å². The Morgan fingerprint density at radius 3 is 2.75 bits per heavy atom. The zero-order valence-corrected chi connectivity index (χ0v) is 7.64. The highest BCUT2D eigenvalue weighted by atomic mass is 32.1. The molecule has 0 bridgehead atoms. The Morgan fingerprint density at radius 1 is 1.67 bits per heavy atom. The molecule has 5 heteroatoms. The number of nitrogens with zero attached hydrogens (tertiary/aromatic N) is 1. The highest BCUT2D eigenvalue weighted by Crippen LogP contribution is 2.16. The smallest absolute Gasteiger partial charge is 0.327 e. The lowest BCUT2D eigenvalue weighted by atomic mass is 10.3. The van der Waals surface area contributed by atoms with Crippen LogP contribution in [0.2, 0.25) is 0 Å². The zero-order valence-electron chi connectivity index (χ0n) is 6.83. The molecule has 0 aromatic carbocycles. The fraction of sp³-hybridized carbons (Fsp3) is 0.429. The quantitative estimate of drug-likeness (QED) is 0.757. The molecule has 1 radical (unpaired) electrons. The molecule has 12 heavy (non-hydrogen) atoms. The summed E-state index contributed by atoms with van der Waals surface area (Å²) in [7, 11) is 0. The van der Waals surface area contributed by atoms with Crippen molar-refractivity contribution in [2.75, 3.05) is 0 Å². The number of nitrogens with one attached hydrogen (secondary N) is 1. The lowest BCUT2D eigenvalue weighted by Gasteiger charge is -2.04. The number of carbonyl (C=O) groups excluding carboxylic acids is 1. The average Bonchev–Trinajstić information content (AvgIpc) is 2.34. The monoisotopic (exact) mass is 185 g/mol. The second-order valence-electron chi connectivity index (χ2n) is 2.63. The van der Waals surface area contributed by atoms with Crippen molar-refractivity contribution < 1.29 is 9.90 Å². The molecule has 1 heterocycles. The molecule has 0 aliphatic carbocycles. The lowest BCUT2D eigenvalue weighted by Crippen LogP contribution is -2.30. The number of aromatic nitrogens is 1. The maximum atomic E-state index is 11.2. The Balaban J connectivity index is 2.65. The third-order valence-corrected chi connectivity index (χ3v) is 1.77. The molecule has 1 aromatic heterocycles. The van der Waals surface area contributed by atoms with Crippen molar-refractivity contribution in [3.05, 3.63) is 11.1 Å². The number of thiazole rings is 1. The molecule has 0 fully saturated rings. The second-order valence-corrected chi connectivity index (χ2v) is 3.45. The van der Waals surface area contributed by atoms with Gasteiger partial charge in [0.15, 0.2) is 0 Å². The second kappa shape index (κ2) is 3.53. The summed E-state index contributed by atoms with van der Waals surface area (Å²) in [6.07, 6.45) is 0. The number of amides is 1. The van der Waals surface area contributed by atoms with Crippen molar-refractivity contribution in [3.8, 4) is 5.19 Å². The van der Waals surface area contributed by atoms with Crippen molar-refractivity contribution in [1.82, 2.24) is 10.3 Å². The summed E-state index contributed by atoms with van der Waals surface area (Å²) in [6, 6.07) is 0.0642. The van der Waals surface area contributed by atoms with Crippen molar-refractivity contribution in [3.63, 3.8) is 0 Å². The van der Waals surface area contributed by atoms with Gasteiger partial charge >= 0.3 is 5.19 Å². The van der Waals surface area contributed by atoms with Crippen molar-refractivity contribution in [1.29, 1.82) is 0 Å². The van der Waals surface area contributed by atoms with E-state index in [1.807, 2.05) is 13.8 Å². The molecule has 1 aromatic rings. The Kier molecular flexibility index (Phi) is 2.65. The molecular formula is C7H9N2O2S. The van der Waals surface area contributed by atoms with Gasteiger partial charge in [-0.3, -0.25) is 9.90 Å². The summed E-state index contributed by atoms with van der Waals surface area (Å²) >= 11 is 0.932. The Morgan fingerprint density at radius 2 is 2.33 bits per heavy atom. The molecule has 0 saturated carbocycles. The largest absolute Gasteiger partial charge is 0.348 e. The van der Waals surface area contributed by atoms with E-state index in [1.165, 1.54) is 5.38 Å². The Hall–Kier alpha value is -1.10. The van der Waals surface area contributed by atoms with E-state index in [9.17, 15) is 9.90 Å². The predicted octanol–water partition coefficient (Wildman–Crippen LogP) is 1.43. The maximum absolute atomic E-state index is 11.2. The lowest BCUT2D eigenvalue weighted by molar-refractivity contribution is 0.0937. The molecule has 0 spiro atoms. The average molecular weight is 185 g/mol. The van der Waals surface area contributed by atoms with Crippen LogP contribution >= 0.6 is 11.3 Å². The maximum Gasteiger partial charge on any atom is 0.327 e. The highest BCUT2D eigenvalue weighted by molar-refractivity contribution is 7.11. The number of hydrogen-bond donors (Lipinski definition) is 1. The van der Waals surface area contributed by atoms with Crippen LogP contribution in [-0.4, -0.2) is 16.9 Å².